The number of ether oxygens (including phenoxy) is 1. The molecule has 0 unspecified atom stereocenters. The summed E-state index contributed by atoms with van der Waals surface area (Å²) in [5.74, 6) is 0. The van der Waals surface area contributed by atoms with Gasteiger partial charge in [0.1, 0.15) is 0 Å². The normalized spacial score (nSPS) is 4.00. The van der Waals surface area contributed by atoms with Crippen LogP contribution in [0.5, 0.6) is 0 Å². The quantitative estimate of drug-likeness (QED) is 0.399. The largest absolute Gasteiger partial charge is 0.474 e. The summed E-state index contributed by atoms with van der Waals surface area (Å²) >= 11 is 0. The lowest BCUT2D eigenvalue weighted by atomic mass is 11.1. The molecule has 0 amide bonds. The smallest absolute Gasteiger partial charge is 0.0829 e. The fourth-order valence-corrected chi connectivity index (χ4v) is 0.0680. The zero-order valence-electron chi connectivity index (χ0n) is 4.80. The molecule has 0 saturated carbocycles. The van der Waals surface area contributed by atoms with E-state index in [1.165, 1.54) is 12.5 Å². The molecule has 0 radical (unpaired) electrons. The van der Waals surface area contributed by atoms with Crippen LogP contribution in [-0.4, -0.2) is 0 Å². The Kier molecular flexibility index (Phi) is 75.6. The van der Waals surface area contributed by atoms with Gasteiger partial charge in [-0.2, -0.15) is 0 Å². The number of hydrogen-bond donors (Lipinski definition) is 0. The zero-order valence-corrected chi connectivity index (χ0v) is 4.80. The van der Waals surface area contributed by atoms with Gasteiger partial charge in [-0.1, -0.05) is 13.2 Å². The predicted molar refractivity (Wildman–Crippen MR) is 35.2 cm³/mol. The standard InChI is InChI=1S/C4H6O.C2H4.FH/c1-3-5-4-2;1-2;/h3-4H,1-2H2;1-2H2;1H. The molecule has 2 heteroatoms. The zero-order chi connectivity index (χ0) is 6.12. The van der Waals surface area contributed by atoms with Crippen LogP contribution in [0.1, 0.15) is 0 Å². The second kappa shape index (κ2) is 38.3. The maximum Gasteiger partial charge on any atom is 0.0829 e. The van der Waals surface area contributed by atoms with Crippen LogP contribution in [0.15, 0.2) is 38.8 Å². The van der Waals surface area contributed by atoms with E-state index in [2.05, 4.69) is 31.1 Å². The first-order valence-corrected chi connectivity index (χ1v) is 1.79. The Morgan fingerprint density at radius 2 is 1.25 bits per heavy atom. The van der Waals surface area contributed by atoms with E-state index in [4.69, 9.17) is 0 Å². The summed E-state index contributed by atoms with van der Waals surface area (Å²) in [5, 5.41) is 0. The van der Waals surface area contributed by atoms with Gasteiger partial charge in [0.2, 0.25) is 0 Å². The van der Waals surface area contributed by atoms with Crippen LogP contribution in [0.25, 0.3) is 0 Å². The molecule has 0 atom stereocenters. The van der Waals surface area contributed by atoms with Crippen molar-refractivity contribution < 1.29 is 9.44 Å². The molecule has 48 valence electrons. The molecule has 0 aliphatic rings. The molecule has 0 bridgehead atoms. The number of hydrogen-bond acceptors (Lipinski definition) is 1. The summed E-state index contributed by atoms with van der Waals surface area (Å²) in [5.41, 5.74) is 0. The molecule has 8 heavy (non-hydrogen) atoms. The molecule has 1 nitrogen and oxygen atoms in total. The molecule has 0 rings (SSSR count). The minimum atomic E-state index is 0. The highest BCUT2D eigenvalue weighted by Gasteiger charge is 1.45. The van der Waals surface area contributed by atoms with Gasteiger partial charge in [-0.05, 0) is 0 Å². The van der Waals surface area contributed by atoms with Gasteiger partial charge in [-0.15, -0.1) is 13.2 Å². The van der Waals surface area contributed by atoms with Crippen LogP contribution < -0.4 is 0 Å². The average Bonchev–Trinajstić information content (AvgIpc) is 1.75. The third-order valence-corrected chi connectivity index (χ3v) is 0.192. The Morgan fingerprint density at radius 3 is 1.25 bits per heavy atom. The van der Waals surface area contributed by atoms with Gasteiger partial charge in [0.25, 0.3) is 0 Å². The average molecular weight is 118 g/mol. The molecule has 0 aromatic rings. The molecule has 0 aromatic heterocycles. The highest BCUT2D eigenvalue weighted by Crippen LogP contribution is 1.65. The van der Waals surface area contributed by atoms with E-state index in [0.717, 1.165) is 0 Å². The van der Waals surface area contributed by atoms with E-state index < -0.39 is 0 Å². The van der Waals surface area contributed by atoms with Gasteiger partial charge in [0.15, 0.2) is 0 Å². The summed E-state index contributed by atoms with van der Waals surface area (Å²) in [6, 6.07) is 0. The third-order valence-electron chi connectivity index (χ3n) is 0.192. The predicted octanol–water partition coefficient (Wildman–Crippen LogP) is 2.24. The van der Waals surface area contributed by atoms with Gasteiger partial charge >= 0.3 is 0 Å². The van der Waals surface area contributed by atoms with Crippen LogP contribution in [0, 0.1) is 0 Å². The van der Waals surface area contributed by atoms with E-state index in [9.17, 15) is 0 Å². The van der Waals surface area contributed by atoms with Gasteiger partial charge in [-0.25, -0.2) is 0 Å². The monoisotopic (exact) mass is 118 g/mol. The lowest BCUT2D eigenvalue weighted by Gasteiger charge is -1.76. The first-order valence-electron chi connectivity index (χ1n) is 1.79. The van der Waals surface area contributed by atoms with Crippen molar-refractivity contribution in [2.75, 3.05) is 0 Å². The van der Waals surface area contributed by atoms with E-state index in [1.807, 2.05) is 0 Å². The summed E-state index contributed by atoms with van der Waals surface area (Å²) in [6.07, 6.45) is 2.62. The molecule has 0 saturated heterocycles. The van der Waals surface area contributed by atoms with E-state index in [-0.39, 0.29) is 4.70 Å². The van der Waals surface area contributed by atoms with Gasteiger partial charge in [0, 0.05) is 0 Å². The topological polar surface area (TPSA) is 9.23 Å². The maximum atomic E-state index is 4.36. The Labute approximate surface area is 49.3 Å². The summed E-state index contributed by atoms with van der Waals surface area (Å²) < 4.78 is 4.36. The third kappa shape index (κ3) is 85.6. The van der Waals surface area contributed by atoms with Crippen molar-refractivity contribution in [3.63, 3.8) is 0 Å². The summed E-state index contributed by atoms with van der Waals surface area (Å²) in [6.45, 7) is 12.5. The molecular formula is C6H11FO. The minimum absolute atomic E-state index is 0. The van der Waals surface area contributed by atoms with Gasteiger partial charge < -0.3 is 4.74 Å². The van der Waals surface area contributed by atoms with Crippen molar-refractivity contribution >= 4 is 0 Å². The summed E-state index contributed by atoms with van der Waals surface area (Å²) in [7, 11) is 0. The maximum absolute atomic E-state index is 4.36. The molecule has 0 fully saturated rings. The number of halogens is 1. The highest BCUT2D eigenvalue weighted by molar-refractivity contribution is 4.57. The first-order chi connectivity index (χ1) is 3.41. The van der Waals surface area contributed by atoms with Crippen molar-refractivity contribution in [1.82, 2.24) is 0 Å². The van der Waals surface area contributed by atoms with Crippen LogP contribution in [-0.2, 0) is 4.74 Å². The van der Waals surface area contributed by atoms with Crippen LogP contribution >= 0.6 is 0 Å². The van der Waals surface area contributed by atoms with E-state index in [0.29, 0.717) is 0 Å². The summed E-state index contributed by atoms with van der Waals surface area (Å²) in [4.78, 5) is 0. The fraction of sp³-hybridized carbons (Fsp3) is 0. The molecule has 0 N–H and O–H groups in total. The lowest BCUT2D eigenvalue weighted by Crippen LogP contribution is -1.52. The van der Waals surface area contributed by atoms with E-state index in [1.54, 1.807) is 0 Å². The Bertz CT molecular complexity index is 46.5. The highest BCUT2D eigenvalue weighted by atomic mass is 19.0. The molecular weight excluding hydrogens is 107 g/mol. The van der Waals surface area contributed by atoms with Crippen molar-refractivity contribution in [3.8, 4) is 0 Å². The Balaban J connectivity index is -0.0000000750. The second-order valence-electron chi connectivity index (χ2n) is 0.469. The van der Waals surface area contributed by atoms with E-state index >= 15 is 0 Å². The van der Waals surface area contributed by atoms with Crippen LogP contribution in [0.4, 0.5) is 4.70 Å². The van der Waals surface area contributed by atoms with Crippen molar-refractivity contribution in [1.29, 1.82) is 0 Å². The molecule has 0 heterocycles. The van der Waals surface area contributed by atoms with Crippen molar-refractivity contribution in [2.45, 2.75) is 0 Å². The van der Waals surface area contributed by atoms with Gasteiger partial charge in [0.05, 0.1) is 12.5 Å². The van der Waals surface area contributed by atoms with Crippen LogP contribution in [0.3, 0.4) is 0 Å². The van der Waals surface area contributed by atoms with Crippen LogP contribution in [0.2, 0.25) is 0 Å². The SMILES string of the molecule is C=C.C=COC=C.F. The Morgan fingerprint density at radius 1 is 1.00 bits per heavy atom. The van der Waals surface area contributed by atoms with Crippen molar-refractivity contribution in [2.24, 2.45) is 0 Å². The lowest BCUT2D eigenvalue weighted by molar-refractivity contribution is 0.406. The minimum Gasteiger partial charge on any atom is -0.474 e. The van der Waals surface area contributed by atoms with Crippen molar-refractivity contribution in [3.05, 3.63) is 38.8 Å². The molecule has 0 aliphatic carbocycles. The first kappa shape index (κ1) is 15.8. The molecule has 0 aliphatic heterocycles. The fourth-order valence-electron chi connectivity index (χ4n) is 0.0680. The second-order valence-corrected chi connectivity index (χ2v) is 0.469. The Hall–Kier alpha value is -1.05. The van der Waals surface area contributed by atoms with Gasteiger partial charge in [-0.3, -0.25) is 4.70 Å². The number of rotatable bonds is 2. The molecule has 0 aromatic carbocycles. The molecule has 0 spiro atoms.